The van der Waals surface area contributed by atoms with E-state index in [-0.39, 0.29) is 31.3 Å². The fraction of sp³-hybridized carbons (Fsp3) is 0.423. The third-order valence-electron chi connectivity index (χ3n) is 6.06. The maximum Gasteiger partial charge on any atom is 0.407 e. The summed E-state index contributed by atoms with van der Waals surface area (Å²) in [5.41, 5.74) is 4.44. The fourth-order valence-electron chi connectivity index (χ4n) is 4.31. The van der Waals surface area contributed by atoms with Gasteiger partial charge in [-0.3, -0.25) is 9.59 Å². The first-order valence-electron chi connectivity index (χ1n) is 11.5. The Bertz CT molecular complexity index is 978. The second-order valence-electron chi connectivity index (χ2n) is 8.87. The van der Waals surface area contributed by atoms with E-state index in [4.69, 9.17) is 9.84 Å². The lowest BCUT2D eigenvalue weighted by Crippen LogP contribution is -2.48. The molecule has 2 N–H and O–H groups in total. The summed E-state index contributed by atoms with van der Waals surface area (Å²) in [4.78, 5) is 40.2. The monoisotopic (exact) mass is 467 g/mol. The number of nitrogens with one attached hydrogen (secondary N) is 1. The molecule has 0 saturated carbocycles. The highest BCUT2D eigenvalue weighted by atomic mass is 16.5. The average Bonchev–Trinajstić information content (AvgIpc) is 3.13. The van der Waals surface area contributed by atoms with Gasteiger partial charge in [-0.1, -0.05) is 48.5 Å². The van der Waals surface area contributed by atoms with Gasteiger partial charge in [-0.05, 0) is 55.7 Å². The highest BCUT2D eigenvalue weighted by molar-refractivity contribution is 5.86. The molecular formula is C26H33N3O5. The highest BCUT2D eigenvalue weighted by Crippen LogP contribution is 2.44. The van der Waals surface area contributed by atoms with Crippen LogP contribution in [0.1, 0.15) is 36.3 Å². The molecule has 8 nitrogen and oxygen atoms in total. The molecule has 0 saturated heterocycles. The van der Waals surface area contributed by atoms with Crippen molar-refractivity contribution in [1.29, 1.82) is 0 Å². The summed E-state index contributed by atoms with van der Waals surface area (Å²) in [6, 6.07) is 15.1. The molecule has 0 aliphatic heterocycles. The summed E-state index contributed by atoms with van der Waals surface area (Å²) in [7, 11) is 5.57. The minimum Gasteiger partial charge on any atom is -0.481 e. The number of alkyl carbamates (subject to hydrolysis) is 1. The van der Waals surface area contributed by atoms with Gasteiger partial charge in [0.05, 0.1) is 0 Å². The van der Waals surface area contributed by atoms with E-state index in [0.717, 1.165) is 35.2 Å². The minimum absolute atomic E-state index is 0.00359. The minimum atomic E-state index is -1.03. The molecule has 8 heteroatoms. The van der Waals surface area contributed by atoms with Crippen molar-refractivity contribution >= 4 is 18.0 Å². The van der Waals surface area contributed by atoms with Gasteiger partial charge in [0.15, 0.2) is 0 Å². The molecular weight excluding hydrogens is 434 g/mol. The molecule has 2 aromatic rings. The molecule has 2 aromatic carbocycles. The summed E-state index contributed by atoms with van der Waals surface area (Å²) < 4.78 is 5.54. The van der Waals surface area contributed by atoms with Crippen molar-refractivity contribution in [3.63, 3.8) is 0 Å². The summed E-state index contributed by atoms with van der Waals surface area (Å²) in [5.74, 6) is -1.45. The maximum atomic E-state index is 12.9. The second-order valence-corrected chi connectivity index (χ2v) is 8.87. The molecule has 2 amide bonds. The Morgan fingerprint density at radius 2 is 1.56 bits per heavy atom. The number of benzene rings is 2. The molecule has 0 bridgehead atoms. The van der Waals surface area contributed by atoms with Crippen LogP contribution in [-0.4, -0.2) is 79.8 Å². The van der Waals surface area contributed by atoms with E-state index < -0.39 is 18.1 Å². The van der Waals surface area contributed by atoms with Crippen LogP contribution in [0, 0.1) is 0 Å². The maximum absolute atomic E-state index is 12.9. The van der Waals surface area contributed by atoms with Crippen LogP contribution in [-0.2, 0) is 14.3 Å². The fourth-order valence-corrected chi connectivity index (χ4v) is 4.31. The highest BCUT2D eigenvalue weighted by Gasteiger charge is 2.30. The number of nitrogens with zero attached hydrogens (tertiary/aromatic N) is 2. The van der Waals surface area contributed by atoms with Gasteiger partial charge in [-0.15, -0.1) is 0 Å². The summed E-state index contributed by atoms with van der Waals surface area (Å²) in [6.07, 6.45) is -0.194. The number of carbonyl (C=O) groups is 3. The van der Waals surface area contributed by atoms with Crippen LogP contribution >= 0.6 is 0 Å². The van der Waals surface area contributed by atoms with Crippen LogP contribution in [0.2, 0.25) is 0 Å². The molecule has 3 rings (SSSR count). The number of hydrogen-bond donors (Lipinski definition) is 2. The number of amides is 2. The number of carboxylic acids is 1. The van der Waals surface area contributed by atoms with Crippen LogP contribution in [0.4, 0.5) is 4.79 Å². The third kappa shape index (κ3) is 6.35. The van der Waals surface area contributed by atoms with Gasteiger partial charge in [-0.2, -0.15) is 0 Å². The zero-order valence-corrected chi connectivity index (χ0v) is 20.0. The van der Waals surface area contributed by atoms with Crippen LogP contribution in [0.5, 0.6) is 0 Å². The van der Waals surface area contributed by atoms with Gasteiger partial charge in [0.2, 0.25) is 5.91 Å². The first-order chi connectivity index (χ1) is 16.3. The molecule has 1 unspecified atom stereocenters. The zero-order chi connectivity index (χ0) is 24.7. The Hall–Kier alpha value is -3.39. The molecule has 0 radical (unpaired) electrons. The third-order valence-corrected chi connectivity index (χ3v) is 6.06. The average molecular weight is 468 g/mol. The largest absolute Gasteiger partial charge is 0.481 e. The zero-order valence-electron chi connectivity index (χ0n) is 20.0. The lowest BCUT2D eigenvalue weighted by Gasteiger charge is -2.25. The molecule has 0 heterocycles. The SMILES string of the molecule is CN(C)CCCN(C)C(=O)C(CCC(=O)O)NC(=O)OCC1c2ccccc2-c2ccccc21. The Morgan fingerprint density at radius 1 is 0.971 bits per heavy atom. The predicted octanol–water partition coefficient (Wildman–Crippen LogP) is 3.17. The summed E-state index contributed by atoms with van der Waals surface area (Å²) in [6.45, 7) is 1.45. The number of rotatable bonds is 11. The number of carboxylic acid groups (broad SMARTS) is 1. The predicted molar refractivity (Wildman–Crippen MR) is 130 cm³/mol. The Morgan fingerprint density at radius 3 is 2.12 bits per heavy atom. The molecule has 34 heavy (non-hydrogen) atoms. The number of fused-ring (bicyclic) bond motifs is 3. The van der Waals surface area contributed by atoms with Crippen LogP contribution < -0.4 is 5.32 Å². The Kier molecular flexibility index (Phi) is 8.65. The molecule has 0 spiro atoms. The van der Waals surface area contributed by atoms with E-state index in [1.165, 1.54) is 4.90 Å². The number of aliphatic carboxylic acids is 1. The number of hydrogen-bond acceptors (Lipinski definition) is 5. The molecule has 1 aliphatic carbocycles. The summed E-state index contributed by atoms with van der Waals surface area (Å²) in [5, 5.41) is 11.7. The lowest BCUT2D eigenvalue weighted by atomic mass is 9.98. The lowest BCUT2D eigenvalue weighted by molar-refractivity contribution is -0.137. The van der Waals surface area contributed by atoms with Gasteiger partial charge in [0.1, 0.15) is 12.6 Å². The first-order valence-corrected chi connectivity index (χ1v) is 11.5. The van der Waals surface area contributed by atoms with E-state index in [0.29, 0.717) is 6.54 Å². The van der Waals surface area contributed by atoms with Gasteiger partial charge in [-0.25, -0.2) is 4.79 Å². The molecule has 1 aliphatic rings. The number of ether oxygens (including phenoxy) is 1. The van der Waals surface area contributed by atoms with Crippen molar-refractivity contribution in [2.75, 3.05) is 40.8 Å². The smallest absolute Gasteiger partial charge is 0.407 e. The quantitative estimate of drug-likeness (QED) is 0.527. The Labute approximate surface area is 200 Å². The summed E-state index contributed by atoms with van der Waals surface area (Å²) >= 11 is 0. The molecule has 0 aromatic heterocycles. The van der Waals surface area contributed by atoms with E-state index in [1.54, 1.807) is 7.05 Å². The van der Waals surface area contributed by atoms with Crippen LogP contribution in [0.25, 0.3) is 11.1 Å². The standard InChI is InChI=1S/C26H33N3O5/c1-28(2)15-8-16-29(3)25(32)23(13-14-24(30)31)27-26(33)34-17-22-20-11-6-4-9-18(20)19-10-5-7-12-21(19)22/h4-7,9-12,22-23H,8,13-17H2,1-3H3,(H,27,33)(H,30,31). The van der Waals surface area contributed by atoms with Gasteiger partial charge < -0.3 is 25.0 Å². The molecule has 1 atom stereocenters. The topological polar surface area (TPSA) is 99.2 Å². The first kappa shape index (κ1) is 25.2. The van der Waals surface area contributed by atoms with Crippen molar-refractivity contribution in [3.05, 3.63) is 59.7 Å². The van der Waals surface area contributed by atoms with Crippen LogP contribution in [0.15, 0.2) is 48.5 Å². The van der Waals surface area contributed by atoms with Gasteiger partial charge in [0, 0.05) is 25.9 Å². The van der Waals surface area contributed by atoms with Crippen molar-refractivity contribution in [2.45, 2.75) is 31.2 Å². The van der Waals surface area contributed by atoms with Crippen molar-refractivity contribution in [1.82, 2.24) is 15.1 Å². The van der Waals surface area contributed by atoms with Crippen molar-refractivity contribution < 1.29 is 24.2 Å². The normalized spacial score (nSPS) is 13.2. The number of likely N-dealkylation sites (N-methyl/N-ethyl adjacent to an activating group) is 1. The van der Waals surface area contributed by atoms with E-state index in [2.05, 4.69) is 17.4 Å². The van der Waals surface area contributed by atoms with E-state index >= 15 is 0 Å². The second kappa shape index (κ2) is 11.7. The van der Waals surface area contributed by atoms with Crippen molar-refractivity contribution in [2.24, 2.45) is 0 Å². The molecule has 0 fully saturated rings. The van der Waals surface area contributed by atoms with E-state index in [9.17, 15) is 14.4 Å². The van der Waals surface area contributed by atoms with Gasteiger partial charge >= 0.3 is 12.1 Å². The van der Waals surface area contributed by atoms with Crippen LogP contribution in [0.3, 0.4) is 0 Å². The number of carbonyl (C=O) groups excluding carboxylic acids is 2. The molecule has 182 valence electrons. The van der Waals surface area contributed by atoms with Gasteiger partial charge in [0.25, 0.3) is 0 Å². The van der Waals surface area contributed by atoms with E-state index in [1.807, 2.05) is 55.4 Å². The Balaban J connectivity index is 1.63. The van der Waals surface area contributed by atoms with Crippen molar-refractivity contribution in [3.8, 4) is 11.1 Å².